The SMILES string of the molecule is CCNC(=NCc1cc(CC)no1)N(C)Cc1ccc(F)cc1. The second-order valence-electron chi connectivity index (χ2n) is 5.29. The molecule has 0 aliphatic heterocycles. The van der Waals surface area contributed by atoms with Crippen LogP contribution in [0.4, 0.5) is 4.39 Å². The minimum absolute atomic E-state index is 0.228. The fraction of sp³-hybridized carbons (Fsp3) is 0.412. The van der Waals surface area contributed by atoms with Gasteiger partial charge in [-0.05, 0) is 31.0 Å². The Morgan fingerprint density at radius 1 is 1.30 bits per heavy atom. The molecule has 23 heavy (non-hydrogen) atoms. The van der Waals surface area contributed by atoms with Crippen LogP contribution < -0.4 is 5.32 Å². The molecule has 0 atom stereocenters. The maximum Gasteiger partial charge on any atom is 0.194 e. The lowest BCUT2D eigenvalue weighted by molar-refractivity contribution is 0.378. The van der Waals surface area contributed by atoms with Gasteiger partial charge in [-0.15, -0.1) is 0 Å². The molecule has 1 aromatic heterocycles. The Balaban J connectivity index is 2.03. The molecule has 124 valence electrons. The van der Waals surface area contributed by atoms with Crippen LogP contribution in [-0.2, 0) is 19.5 Å². The normalized spacial score (nSPS) is 11.6. The van der Waals surface area contributed by atoms with Crippen molar-refractivity contribution < 1.29 is 8.91 Å². The number of hydrogen-bond acceptors (Lipinski definition) is 3. The van der Waals surface area contributed by atoms with E-state index in [1.807, 2.05) is 31.9 Å². The molecule has 0 aliphatic carbocycles. The maximum atomic E-state index is 13.0. The number of rotatable bonds is 6. The van der Waals surface area contributed by atoms with Gasteiger partial charge >= 0.3 is 0 Å². The Bertz CT molecular complexity index is 636. The van der Waals surface area contributed by atoms with Crippen molar-refractivity contribution in [2.45, 2.75) is 33.4 Å². The van der Waals surface area contributed by atoms with Crippen molar-refractivity contribution in [2.24, 2.45) is 4.99 Å². The molecule has 0 aliphatic rings. The first-order chi connectivity index (χ1) is 11.1. The van der Waals surface area contributed by atoms with Gasteiger partial charge in [0.05, 0.1) is 5.69 Å². The van der Waals surface area contributed by atoms with Crippen LogP contribution in [0.3, 0.4) is 0 Å². The largest absolute Gasteiger partial charge is 0.359 e. The first-order valence-electron chi connectivity index (χ1n) is 7.80. The van der Waals surface area contributed by atoms with Gasteiger partial charge in [0.15, 0.2) is 11.7 Å². The molecule has 1 N–H and O–H groups in total. The standard InChI is InChI=1S/C17H23FN4O/c1-4-15-10-16(23-21-15)11-20-17(19-5-2)22(3)12-13-6-8-14(18)9-7-13/h6-10H,4-5,11-12H2,1-3H3,(H,19,20). The van der Waals surface area contributed by atoms with Crippen LogP contribution in [0.15, 0.2) is 39.8 Å². The number of aryl methyl sites for hydroxylation is 1. The van der Waals surface area contributed by atoms with Gasteiger partial charge in [0.2, 0.25) is 0 Å². The molecule has 5 nitrogen and oxygen atoms in total. The summed E-state index contributed by atoms with van der Waals surface area (Å²) in [6, 6.07) is 8.41. The van der Waals surface area contributed by atoms with Crippen molar-refractivity contribution in [3.05, 3.63) is 53.2 Å². The summed E-state index contributed by atoms with van der Waals surface area (Å²) in [7, 11) is 1.95. The fourth-order valence-electron chi connectivity index (χ4n) is 2.16. The van der Waals surface area contributed by atoms with E-state index in [0.717, 1.165) is 35.9 Å². The predicted octanol–water partition coefficient (Wildman–Crippen LogP) is 2.97. The van der Waals surface area contributed by atoms with Crippen molar-refractivity contribution in [1.29, 1.82) is 0 Å². The molecule has 0 saturated carbocycles. The van der Waals surface area contributed by atoms with Crippen LogP contribution in [-0.4, -0.2) is 29.6 Å². The van der Waals surface area contributed by atoms with Gasteiger partial charge in [-0.1, -0.05) is 24.2 Å². The Labute approximate surface area is 136 Å². The third-order valence-corrected chi connectivity index (χ3v) is 3.38. The van der Waals surface area contributed by atoms with Crippen LogP contribution in [0.5, 0.6) is 0 Å². The van der Waals surface area contributed by atoms with E-state index in [9.17, 15) is 4.39 Å². The fourth-order valence-corrected chi connectivity index (χ4v) is 2.16. The molecule has 1 aromatic carbocycles. The molecular formula is C17H23FN4O. The zero-order chi connectivity index (χ0) is 16.7. The summed E-state index contributed by atoms with van der Waals surface area (Å²) in [5.74, 6) is 1.28. The van der Waals surface area contributed by atoms with Gasteiger partial charge in [-0.2, -0.15) is 0 Å². The smallest absolute Gasteiger partial charge is 0.194 e. The first-order valence-corrected chi connectivity index (χ1v) is 7.80. The van der Waals surface area contributed by atoms with E-state index in [-0.39, 0.29) is 5.82 Å². The van der Waals surface area contributed by atoms with E-state index in [4.69, 9.17) is 4.52 Å². The van der Waals surface area contributed by atoms with Gasteiger partial charge in [-0.25, -0.2) is 9.38 Å². The highest BCUT2D eigenvalue weighted by Gasteiger charge is 2.08. The highest BCUT2D eigenvalue weighted by molar-refractivity contribution is 5.79. The summed E-state index contributed by atoms with van der Waals surface area (Å²) in [5.41, 5.74) is 1.95. The third kappa shape index (κ3) is 5.09. The second-order valence-corrected chi connectivity index (χ2v) is 5.29. The van der Waals surface area contributed by atoms with E-state index < -0.39 is 0 Å². The molecule has 2 aromatic rings. The molecule has 0 unspecified atom stereocenters. The number of aromatic nitrogens is 1. The van der Waals surface area contributed by atoms with E-state index in [1.165, 1.54) is 12.1 Å². The van der Waals surface area contributed by atoms with E-state index in [2.05, 4.69) is 15.5 Å². The molecule has 0 radical (unpaired) electrons. The maximum absolute atomic E-state index is 13.0. The first kappa shape index (κ1) is 17.0. The molecule has 2 rings (SSSR count). The van der Waals surface area contributed by atoms with E-state index >= 15 is 0 Å². The van der Waals surface area contributed by atoms with Crippen LogP contribution in [0.1, 0.15) is 30.9 Å². The van der Waals surface area contributed by atoms with Crippen molar-refractivity contribution in [2.75, 3.05) is 13.6 Å². The number of nitrogens with zero attached hydrogens (tertiary/aromatic N) is 3. The Morgan fingerprint density at radius 3 is 2.65 bits per heavy atom. The lowest BCUT2D eigenvalue weighted by Crippen LogP contribution is -2.38. The van der Waals surface area contributed by atoms with Crippen molar-refractivity contribution in [1.82, 2.24) is 15.4 Å². The zero-order valence-electron chi connectivity index (χ0n) is 13.8. The molecule has 0 fully saturated rings. The van der Waals surface area contributed by atoms with Gasteiger partial charge in [0.1, 0.15) is 12.4 Å². The minimum Gasteiger partial charge on any atom is -0.359 e. The summed E-state index contributed by atoms with van der Waals surface area (Å²) >= 11 is 0. The number of aliphatic imine (C=N–C) groups is 1. The second kappa shape index (κ2) is 8.31. The van der Waals surface area contributed by atoms with Crippen LogP contribution >= 0.6 is 0 Å². The highest BCUT2D eigenvalue weighted by atomic mass is 19.1. The number of guanidine groups is 1. The molecule has 0 bridgehead atoms. The molecule has 6 heteroatoms. The zero-order valence-corrected chi connectivity index (χ0v) is 13.8. The summed E-state index contributed by atoms with van der Waals surface area (Å²) in [4.78, 5) is 6.56. The Morgan fingerprint density at radius 2 is 2.04 bits per heavy atom. The summed E-state index contributed by atoms with van der Waals surface area (Å²) in [6.45, 7) is 5.89. The number of nitrogens with one attached hydrogen (secondary N) is 1. The number of benzene rings is 1. The average Bonchev–Trinajstić information content (AvgIpc) is 3.01. The average molecular weight is 318 g/mol. The van der Waals surface area contributed by atoms with Crippen molar-refractivity contribution in [3.8, 4) is 0 Å². The van der Waals surface area contributed by atoms with Gasteiger partial charge in [0.25, 0.3) is 0 Å². The van der Waals surface area contributed by atoms with E-state index in [0.29, 0.717) is 13.1 Å². The lowest BCUT2D eigenvalue weighted by atomic mass is 10.2. The monoisotopic (exact) mass is 318 g/mol. The van der Waals surface area contributed by atoms with Gasteiger partial charge < -0.3 is 14.7 Å². The van der Waals surface area contributed by atoms with Crippen LogP contribution in [0, 0.1) is 5.82 Å². The van der Waals surface area contributed by atoms with Crippen LogP contribution in [0.25, 0.3) is 0 Å². The van der Waals surface area contributed by atoms with Crippen molar-refractivity contribution in [3.63, 3.8) is 0 Å². The predicted molar refractivity (Wildman–Crippen MR) is 88.6 cm³/mol. The Kier molecular flexibility index (Phi) is 6.14. The molecule has 1 heterocycles. The van der Waals surface area contributed by atoms with E-state index in [1.54, 1.807) is 12.1 Å². The topological polar surface area (TPSA) is 53.7 Å². The quantitative estimate of drug-likeness (QED) is 0.657. The van der Waals surface area contributed by atoms with Crippen molar-refractivity contribution >= 4 is 5.96 Å². The number of halogens is 1. The molecular weight excluding hydrogens is 295 g/mol. The third-order valence-electron chi connectivity index (χ3n) is 3.38. The van der Waals surface area contributed by atoms with Crippen LogP contribution in [0.2, 0.25) is 0 Å². The summed E-state index contributed by atoms with van der Waals surface area (Å²) in [5, 5.41) is 7.21. The number of hydrogen-bond donors (Lipinski definition) is 1. The summed E-state index contributed by atoms with van der Waals surface area (Å²) in [6.07, 6.45) is 0.845. The van der Waals surface area contributed by atoms with Gasteiger partial charge in [-0.3, -0.25) is 0 Å². The molecule has 0 amide bonds. The van der Waals surface area contributed by atoms with Gasteiger partial charge in [0, 0.05) is 26.2 Å². The lowest BCUT2D eigenvalue weighted by Gasteiger charge is -2.22. The highest BCUT2D eigenvalue weighted by Crippen LogP contribution is 2.08. The molecule has 0 saturated heterocycles. The molecule has 0 spiro atoms. The minimum atomic E-state index is -0.228. The summed E-state index contributed by atoms with van der Waals surface area (Å²) < 4.78 is 18.2. The Hall–Kier alpha value is -2.37.